The minimum absolute atomic E-state index is 0.467. The maximum absolute atomic E-state index is 5.95. The number of nitrogens with zero attached hydrogens (tertiary/aromatic N) is 1. The normalized spacial score (nSPS) is 10.1. The molecule has 0 atom stereocenters. The van der Waals surface area contributed by atoms with Gasteiger partial charge in [-0.1, -0.05) is 11.6 Å². The van der Waals surface area contributed by atoms with Gasteiger partial charge in [0.1, 0.15) is 5.03 Å². The van der Waals surface area contributed by atoms with Gasteiger partial charge >= 0.3 is 0 Å². The van der Waals surface area contributed by atoms with Gasteiger partial charge < -0.3 is 5.73 Å². The second-order valence-corrected chi connectivity index (χ2v) is 3.17. The lowest BCUT2D eigenvalue weighted by Crippen LogP contribution is -1.98. The average molecular weight is 189 g/mol. The van der Waals surface area contributed by atoms with Gasteiger partial charge in [-0.15, -0.1) is 11.8 Å². The van der Waals surface area contributed by atoms with E-state index in [-0.39, 0.29) is 0 Å². The van der Waals surface area contributed by atoms with Gasteiger partial charge in [0.25, 0.3) is 0 Å². The Hall–Kier alpha value is -0.250. The highest BCUT2D eigenvalue weighted by Crippen LogP contribution is 2.25. The van der Waals surface area contributed by atoms with Gasteiger partial charge in [-0.05, 0) is 17.9 Å². The molecule has 0 unspecified atom stereocenters. The fraction of sp³-hybridized carbons (Fsp3) is 0.286. The second kappa shape index (κ2) is 3.95. The molecule has 1 heterocycles. The molecule has 0 bridgehead atoms. The standard InChI is InChI=1S/C7H9ClN2S/c1-11-7-6(8)5(4-9)2-3-10-7/h2-3H,4,9H2,1H3. The van der Waals surface area contributed by atoms with Crippen molar-refractivity contribution < 1.29 is 0 Å². The highest BCUT2D eigenvalue weighted by atomic mass is 35.5. The average Bonchev–Trinajstić information content (AvgIpc) is 2.05. The molecule has 0 aliphatic heterocycles. The Balaban J connectivity index is 3.10. The van der Waals surface area contributed by atoms with Gasteiger partial charge in [0.15, 0.2) is 0 Å². The molecule has 0 amide bonds. The van der Waals surface area contributed by atoms with Crippen molar-refractivity contribution in [2.24, 2.45) is 5.73 Å². The Morgan fingerprint density at radius 3 is 3.00 bits per heavy atom. The highest BCUT2D eigenvalue weighted by Gasteiger charge is 2.03. The zero-order valence-corrected chi connectivity index (χ0v) is 7.75. The topological polar surface area (TPSA) is 38.9 Å². The third-order valence-electron chi connectivity index (χ3n) is 1.35. The van der Waals surface area contributed by atoms with E-state index in [0.717, 1.165) is 10.6 Å². The van der Waals surface area contributed by atoms with Crippen molar-refractivity contribution in [3.63, 3.8) is 0 Å². The van der Waals surface area contributed by atoms with Crippen molar-refractivity contribution in [3.8, 4) is 0 Å². The first-order valence-corrected chi connectivity index (χ1v) is 4.77. The summed E-state index contributed by atoms with van der Waals surface area (Å²) in [5.74, 6) is 0. The van der Waals surface area contributed by atoms with Crippen LogP contribution in [0.25, 0.3) is 0 Å². The molecule has 0 radical (unpaired) electrons. The van der Waals surface area contributed by atoms with Gasteiger partial charge in [-0.3, -0.25) is 0 Å². The van der Waals surface area contributed by atoms with E-state index in [1.165, 1.54) is 11.8 Å². The first-order valence-electron chi connectivity index (χ1n) is 3.17. The molecule has 60 valence electrons. The summed E-state index contributed by atoms with van der Waals surface area (Å²) in [5, 5.41) is 1.53. The van der Waals surface area contributed by atoms with Crippen LogP contribution in [0.3, 0.4) is 0 Å². The first-order chi connectivity index (χ1) is 5.29. The van der Waals surface area contributed by atoms with E-state index < -0.39 is 0 Å². The second-order valence-electron chi connectivity index (χ2n) is 2.00. The van der Waals surface area contributed by atoms with Crippen LogP contribution in [0.4, 0.5) is 0 Å². The summed E-state index contributed by atoms with van der Waals surface area (Å²) >= 11 is 7.47. The molecule has 0 spiro atoms. The molecule has 0 aliphatic carbocycles. The Morgan fingerprint density at radius 1 is 1.73 bits per heavy atom. The minimum atomic E-state index is 0.467. The van der Waals surface area contributed by atoms with Gasteiger partial charge in [-0.2, -0.15) is 0 Å². The lowest BCUT2D eigenvalue weighted by molar-refractivity contribution is 1.02. The summed E-state index contributed by atoms with van der Waals surface area (Å²) < 4.78 is 0. The SMILES string of the molecule is CSc1nccc(CN)c1Cl. The molecule has 0 aromatic carbocycles. The van der Waals surface area contributed by atoms with Crippen LogP contribution in [0, 0.1) is 0 Å². The number of rotatable bonds is 2. The molecule has 1 aromatic heterocycles. The summed E-state index contributed by atoms with van der Waals surface area (Å²) in [7, 11) is 0. The Labute approximate surface area is 75.1 Å². The van der Waals surface area contributed by atoms with Crippen LogP contribution in [0.15, 0.2) is 17.3 Å². The Morgan fingerprint density at radius 2 is 2.45 bits per heavy atom. The van der Waals surface area contributed by atoms with Gasteiger partial charge in [-0.25, -0.2) is 4.98 Å². The van der Waals surface area contributed by atoms with Crippen molar-refractivity contribution in [3.05, 3.63) is 22.8 Å². The summed E-state index contributed by atoms with van der Waals surface area (Å²) in [6.45, 7) is 0.467. The molecule has 1 rings (SSSR count). The molecule has 0 saturated heterocycles. The maximum Gasteiger partial charge on any atom is 0.115 e. The number of pyridine rings is 1. The van der Waals surface area contributed by atoms with Crippen molar-refractivity contribution in [2.75, 3.05) is 6.26 Å². The van der Waals surface area contributed by atoms with Crippen molar-refractivity contribution in [1.29, 1.82) is 0 Å². The quantitative estimate of drug-likeness (QED) is 0.721. The summed E-state index contributed by atoms with van der Waals surface area (Å²) in [4.78, 5) is 4.08. The first kappa shape index (κ1) is 8.84. The molecule has 4 heteroatoms. The van der Waals surface area contributed by atoms with E-state index in [1.54, 1.807) is 6.20 Å². The predicted octanol–water partition coefficient (Wildman–Crippen LogP) is 1.92. The largest absolute Gasteiger partial charge is 0.326 e. The molecule has 0 fully saturated rings. The third kappa shape index (κ3) is 1.86. The van der Waals surface area contributed by atoms with Gasteiger partial charge in [0.2, 0.25) is 0 Å². The molecule has 0 saturated carbocycles. The zero-order valence-electron chi connectivity index (χ0n) is 6.17. The highest BCUT2D eigenvalue weighted by molar-refractivity contribution is 7.98. The van der Waals surface area contributed by atoms with E-state index in [0.29, 0.717) is 11.6 Å². The predicted molar refractivity (Wildman–Crippen MR) is 48.9 cm³/mol. The lowest BCUT2D eigenvalue weighted by Gasteiger charge is -2.02. The van der Waals surface area contributed by atoms with Crippen molar-refractivity contribution >= 4 is 23.4 Å². The van der Waals surface area contributed by atoms with E-state index in [4.69, 9.17) is 17.3 Å². The van der Waals surface area contributed by atoms with E-state index in [1.807, 2.05) is 12.3 Å². The van der Waals surface area contributed by atoms with Crippen LogP contribution in [0.1, 0.15) is 5.56 Å². The number of hydrogen-bond donors (Lipinski definition) is 1. The minimum Gasteiger partial charge on any atom is -0.326 e. The van der Waals surface area contributed by atoms with Gasteiger partial charge in [0.05, 0.1) is 5.02 Å². The number of thioether (sulfide) groups is 1. The van der Waals surface area contributed by atoms with Crippen molar-refractivity contribution in [1.82, 2.24) is 4.98 Å². The zero-order chi connectivity index (χ0) is 8.27. The smallest absolute Gasteiger partial charge is 0.115 e. The lowest BCUT2D eigenvalue weighted by atomic mass is 10.3. The van der Waals surface area contributed by atoms with E-state index in [2.05, 4.69) is 4.98 Å². The molecule has 1 aromatic rings. The fourth-order valence-corrected chi connectivity index (χ4v) is 1.66. The van der Waals surface area contributed by atoms with Crippen LogP contribution in [0.5, 0.6) is 0 Å². The van der Waals surface area contributed by atoms with Crippen LogP contribution in [-0.4, -0.2) is 11.2 Å². The maximum atomic E-state index is 5.95. The van der Waals surface area contributed by atoms with Gasteiger partial charge in [0, 0.05) is 12.7 Å². The molecule has 11 heavy (non-hydrogen) atoms. The van der Waals surface area contributed by atoms with Crippen LogP contribution in [-0.2, 0) is 6.54 Å². The number of aromatic nitrogens is 1. The van der Waals surface area contributed by atoms with Crippen molar-refractivity contribution in [2.45, 2.75) is 11.6 Å². The van der Waals surface area contributed by atoms with Crippen LogP contribution < -0.4 is 5.73 Å². The summed E-state index contributed by atoms with van der Waals surface area (Å²) in [6.07, 6.45) is 3.66. The monoisotopic (exact) mass is 188 g/mol. The molecular formula is C7H9ClN2S. The number of halogens is 1. The molecule has 0 aliphatic rings. The summed E-state index contributed by atoms with van der Waals surface area (Å²) in [5.41, 5.74) is 6.40. The fourth-order valence-electron chi connectivity index (χ4n) is 0.762. The number of hydrogen-bond acceptors (Lipinski definition) is 3. The molecule has 2 nitrogen and oxygen atoms in total. The molecule has 2 N–H and O–H groups in total. The van der Waals surface area contributed by atoms with E-state index >= 15 is 0 Å². The molecular weight excluding hydrogens is 180 g/mol. The Kier molecular flexibility index (Phi) is 3.17. The van der Waals surface area contributed by atoms with E-state index in [9.17, 15) is 0 Å². The van der Waals surface area contributed by atoms with Crippen LogP contribution >= 0.6 is 23.4 Å². The summed E-state index contributed by atoms with van der Waals surface area (Å²) in [6, 6.07) is 1.84. The van der Waals surface area contributed by atoms with Crippen LogP contribution in [0.2, 0.25) is 5.02 Å². The number of nitrogens with two attached hydrogens (primary N) is 1. The third-order valence-corrected chi connectivity index (χ3v) is 2.58. The Bertz CT molecular complexity index is 230.